The van der Waals surface area contributed by atoms with E-state index in [2.05, 4.69) is 4.98 Å². The van der Waals surface area contributed by atoms with Crippen LogP contribution >= 0.6 is 11.6 Å². The van der Waals surface area contributed by atoms with Gasteiger partial charge in [-0.1, -0.05) is 6.07 Å². The van der Waals surface area contributed by atoms with Crippen molar-refractivity contribution in [2.24, 2.45) is 5.73 Å². The van der Waals surface area contributed by atoms with Crippen LogP contribution in [0.2, 0.25) is 5.28 Å². The first-order valence-electron chi connectivity index (χ1n) is 4.09. The Kier molecular flexibility index (Phi) is 2.23. The Hall–Kier alpha value is -1.39. The molecule has 72 valence electrons. The Balaban J connectivity index is 2.75. The molecule has 5 heteroatoms. The molecule has 0 aliphatic carbocycles. The lowest BCUT2D eigenvalue weighted by atomic mass is 10.2. The van der Waals surface area contributed by atoms with Crippen LogP contribution in [-0.2, 0) is 0 Å². The highest BCUT2D eigenvalue weighted by atomic mass is 35.5. The third kappa shape index (κ3) is 1.29. The molecular weight excluding hydrogens is 202 g/mol. The molecule has 2 rings (SSSR count). The molecule has 4 nitrogen and oxygen atoms in total. The summed E-state index contributed by atoms with van der Waals surface area (Å²) < 4.78 is 1.58. The SMILES string of the molecule is NCC(=O)c1cccc2cnc(Cl)n12. The number of aromatic nitrogens is 2. The maximum absolute atomic E-state index is 11.4. The van der Waals surface area contributed by atoms with Crippen molar-refractivity contribution in [1.82, 2.24) is 9.38 Å². The minimum absolute atomic E-state index is 0.0341. The van der Waals surface area contributed by atoms with Crippen LogP contribution in [0.15, 0.2) is 24.4 Å². The van der Waals surface area contributed by atoms with E-state index in [1.807, 2.05) is 6.07 Å². The van der Waals surface area contributed by atoms with Gasteiger partial charge in [0.1, 0.15) is 0 Å². The first-order chi connectivity index (χ1) is 6.74. The highest BCUT2D eigenvalue weighted by Gasteiger charge is 2.10. The van der Waals surface area contributed by atoms with Crippen molar-refractivity contribution >= 4 is 22.9 Å². The molecule has 0 saturated carbocycles. The molecule has 0 radical (unpaired) electrons. The molecule has 0 saturated heterocycles. The predicted molar refractivity (Wildman–Crippen MR) is 53.6 cm³/mol. The van der Waals surface area contributed by atoms with Crippen LogP contribution in [0.1, 0.15) is 10.5 Å². The van der Waals surface area contributed by atoms with Crippen molar-refractivity contribution in [2.45, 2.75) is 0 Å². The molecule has 0 unspecified atom stereocenters. The molecule has 0 aliphatic rings. The van der Waals surface area contributed by atoms with Crippen LogP contribution < -0.4 is 5.73 Å². The summed E-state index contributed by atoms with van der Waals surface area (Å²) in [4.78, 5) is 15.4. The number of ketones is 1. The maximum Gasteiger partial charge on any atom is 0.207 e. The molecule has 0 amide bonds. The Labute approximate surface area is 85.3 Å². The summed E-state index contributed by atoms with van der Waals surface area (Å²) in [6.07, 6.45) is 1.61. The van der Waals surface area contributed by atoms with Gasteiger partial charge in [0.05, 0.1) is 24.0 Å². The molecule has 0 bridgehead atoms. The van der Waals surface area contributed by atoms with E-state index in [1.165, 1.54) is 0 Å². The van der Waals surface area contributed by atoms with Gasteiger partial charge in [-0.3, -0.25) is 9.20 Å². The lowest BCUT2D eigenvalue weighted by Crippen LogP contribution is -2.16. The van der Waals surface area contributed by atoms with Crippen LogP contribution in [0.3, 0.4) is 0 Å². The van der Waals surface area contributed by atoms with Crippen LogP contribution in [0, 0.1) is 0 Å². The first kappa shape index (κ1) is 9.18. The number of carbonyl (C=O) groups excluding carboxylic acids is 1. The zero-order valence-corrected chi connectivity index (χ0v) is 8.03. The highest BCUT2D eigenvalue weighted by Crippen LogP contribution is 2.14. The largest absolute Gasteiger partial charge is 0.324 e. The lowest BCUT2D eigenvalue weighted by molar-refractivity contribution is 0.0995. The molecule has 0 spiro atoms. The fourth-order valence-electron chi connectivity index (χ4n) is 1.33. The third-order valence-corrected chi connectivity index (χ3v) is 2.25. The van der Waals surface area contributed by atoms with Crippen molar-refractivity contribution in [3.05, 3.63) is 35.4 Å². The van der Waals surface area contributed by atoms with Gasteiger partial charge in [-0.25, -0.2) is 4.98 Å². The van der Waals surface area contributed by atoms with E-state index in [-0.39, 0.29) is 17.6 Å². The van der Waals surface area contributed by atoms with Crippen LogP contribution in [0.5, 0.6) is 0 Å². The fraction of sp³-hybridized carbons (Fsp3) is 0.111. The molecule has 2 N–H and O–H groups in total. The number of rotatable bonds is 2. The zero-order chi connectivity index (χ0) is 10.1. The van der Waals surface area contributed by atoms with E-state index in [1.54, 1.807) is 22.7 Å². The van der Waals surface area contributed by atoms with E-state index in [9.17, 15) is 4.79 Å². The minimum Gasteiger partial charge on any atom is -0.324 e. The molecule has 14 heavy (non-hydrogen) atoms. The summed E-state index contributed by atoms with van der Waals surface area (Å²) >= 11 is 5.84. The molecule has 0 fully saturated rings. The Morgan fingerprint density at radius 2 is 2.36 bits per heavy atom. The van der Waals surface area contributed by atoms with Gasteiger partial charge in [-0.05, 0) is 23.7 Å². The number of nitrogens with zero attached hydrogens (tertiary/aromatic N) is 2. The summed E-state index contributed by atoms with van der Waals surface area (Å²) in [5.41, 5.74) is 6.54. The van der Waals surface area contributed by atoms with Gasteiger partial charge in [0.2, 0.25) is 5.28 Å². The number of hydrogen-bond donors (Lipinski definition) is 1. The average molecular weight is 210 g/mol. The van der Waals surface area contributed by atoms with Crippen LogP contribution in [0.4, 0.5) is 0 Å². The average Bonchev–Trinajstić information content (AvgIpc) is 2.59. The van der Waals surface area contributed by atoms with Crippen molar-refractivity contribution in [1.29, 1.82) is 0 Å². The second kappa shape index (κ2) is 3.40. The highest BCUT2D eigenvalue weighted by molar-refractivity contribution is 6.29. The van der Waals surface area contributed by atoms with Gasteiger partial charge >= 0.3 is 0 Å². The van der Waals surface area contributed by atoms with E-state index in [4.69, 9.17) is 17.3 Å². The molecular formula is C9H8ClN3O. The molecule has 0 aliphatic heterocycles. The van der Waals surface area contributed by atoms with E-state index < -0.39 is 0 Å². The van der Waals surface area contributed by atoms with Crippen molar-refractivity contribution in [3.63, 3.8) is 0 Å². The Morgan fingerprint density at radius 3 is 3.07 bits per heavy atom. The molecule has 2 aromatic heterocycles. The quantitative estimate of drug-likeness (QED) is 0.755. The van der Waals surface area contributed by atoms with Crippen molar-refractivity contribution in [3.8, 4) is 0 Å². The smallest absolute Gasteiger partial charge is 0.207 e. The Bertz CT molecular complexity index is 492. The van der Waals surface area contributed by atoms with E-state index >= 15 is 0 Å². The third-order valence-electron chi connectivity index (χ3n) is 1.98. The fourth-order valence-corrected chi connectivity index (χ4v) is 1.57. The van der Waals surface area contributed by atoms with Gasteiger partial charge in [0.25, 0.3) is 0 Å². The summed E-state index contributed by atoms with van der Waals surface area (Å²) in [6, 6.07) is 5.28. The van der Waals surface area contributed by atoms with Gasteiger partial charge in [-0.15, -0.1) is 0 Å². The maximum atomic E-state index is 11.4. The monoisotopic (exact) mass is 209 g/mol. The zero-order valence-electron chi connectivity index (χ0n) is 7.27. The lowest BCUT2D eigenvalue weighted by Gasteiger charge is -2.02. The van der Waals surface area contributed by atoms with Crippen molar-refractivity contribution in [2.75, 3.05) is 6.54 Å². The number of nitrogens with two attached hydrogens (primary N) is 1. The summed E-state index contributed by atoms with van der Waals surface area (Å²) in [5.74, 6) is -0.157. The predicted octanol–water partition coefficient (Wildman–Crippen LogP) is 1.13. The molecule has 0 atom stereocenters. The van der Waals surface area contributed by atoms with E-state index in [0.29, 0.717) is 5.69 Å². The number of imidazole rings is 1. The summed E-state index contributed by atoms with van der Waals surface area (Å²) in [7, 11) is 0. The summed E-state index contributed by atoms with van der Waals surface area (Å²) in [6.45, 7) is -0.0341. The standard InChI is InChI=1S/C9H8ClN3O/c10-9-12-5-6-2-1-3-7(13(6)9)8(14)4-11/h1-3,5H,4,11H2. The van der Waals surface area contributed by atoms with Crippen LogP contribution in [0.25, 0.3) is 5.52 Å². The number of hydrogen-bond acceptors (Lipinski definition) is 3. The van der Waals surface area contributed by atoms with Gasteiger partial charge in [-0.2, -0.15) is 0 Å². The summed E-state index contributed by atoms with van der Waals surface area (Å²) in [5, 5.41) is 0.275. The van der Waals surface area contributed by atoms with Gasteiger partial charge in [0, 0.05) is 0 Å². The molecule has 2 heterocycles. The number of halogens is 1. The first-order valence-corrected chi connectivity index (χ1v) is 4.47. The Morgan fingerprint density at radius 1 is 1.57 bits per heavy atom. The number of fused-ring (bicyclic) bond motifs is 1. The number of Topliss-reactive ketones (excluding diaryl/α,β-unsaturated/α-hetero) is 1. The normalized spacial score (nSPS) is 10.7. The second-order valence-corrected chi connectivity index (χ2v) is 3.16. The molecule has 2 aromatic rings. The number of pyridine rings is 1. The van der Waals surface area contributed by atoms with Gasteiger partial charge in [0.15, 0.2) is 5.78 Å². The molecule has 0 aromatic carbocycles. The van der Waals surface area contributed by atoms with Gasteiger partial charge < -0.3 is 5.73 Å². The number of carbonyl (C=O) groups is 1. The second-order valence-electron chi connectivity index (χ2n) is 2.83. The minimum atomic E-state index is -0.157. The van der Waals surface area contributed by atoms with E-state index in [0.717, 1.165) is 5.52 Å². The topological polar surface area (TPSA) is 60.4 Å². The van der Waals surface area contributed by atoms with Crippen molar-refractivity contribution < 1.29 is 4.79 Å². The van der Waals surface area contributed by atoms with Crippen LogP contribution in [-0.4, -0.2) is 21.7 Å².